The Morgan fingerprint density at radius 3 is 2.61 bits per heavy atom. The molecule has 0 unspecified atom stereocenters. The molecule has 6 heteroatoms. The van der Waals surface area contributed by atoms with E-state index in [1.54, 1.807) is 4.90 Å². The van der Waals surface area contributed by atoms with Gasteiger partial charge in [-0.2, -0.15) is 0 Å². The van der Waals surface area contributed by atoms with E-state index < -0.39 is 12.0 Å². The van der Waals surface area contributed by atoms with Gasteiger partial charge < -0.3 is 15.0 Å². The van der Waals surface area contributed by atoms with Crippen molar-refractivity contribution in [3.8, 4) is 0 Å². The van der Waals surface area contributed by atoms with Gasteiger partial charge in [0.15, 0.2) is 6.61 Å². The fourth-order valence-corrected chi connectivity index (χ4v) is 4.07. The molecule has 0 spiro atoms. The SMILES string of the molecule is CC(C)[C@H](NC(=O)Cc1cccc2ccccc12)C(=O)OCC(=O)N1CCC[C@@H](C)C1. The maximum absolute atomic E-state index is 12.7. The second-order valence-electron chi connectivity index (χ2n) is 8.80. The first-order valence-corrected chi connectivity index (χ1v) is 11.1. The van der Waals surface area contributed by atoms with Gasteiger partial charge in [0.2, 0.25) is 5.91 Å². The van der Waals surface area contributed by atoms with E-state index in [0.29, 0.717) is 19.0 Å². The van der Waals surface area contributed by atoms with Crippen molar-refractivity contribution >= 4 is 28.6 Å². The van der Waals surface area contributed by atoms with Crippen LogP contribution in [0, 0.1) is 11.8 Å². The molecule has 31 heavy (non-hydrogen) atoms. The maximum atomic E-state index is 12.7. The molecule has 166 valence electrons. The zero-order valence-electron chi connectivity index (χ0n) is 18.6. The Balaban J connectivity index is 1.57. The van der Waals surface area contributed by atoms with Gasteiger partial charge in [-0.15, -0.1) is 0 Å². The Labute approximate surface area is 183 Å². The van der Waals surface area contributed by atoms with Crippen LogP contribution in [0.3, 0.4) is 0 Å². The number of nitrogens with zero attached hydrogens (tertiary/aromatic N) is 1. The minimum atomic E-state index is -0.796. The highest BCUT2D eigenvalue weighted by molar-refractivity contribution is 5.92. The van der Waals surface area contributed by atoms with Crippen LogP contribution in [-0.2, 0) is 25.5 Å². The summed E-state index contributed by atoms with van der Waals surface area (Å²) in [6.45, 7) is 6.93. The Bertz CT molecular complexity index is 935. The number of hydrogen-bond acceptors (Lipinski definition) is 4. The average Bonchev–Trinajstić information content (AvgIpc) is 2.75. The van der Waals surface area contributed by atoms with E-state index in [9.17, 15) is 14.4 Å². The third-order valence-electron chi connectivity index (χ3n) is 5.82. The molecule has 0 bridgehead atoms. The summed E-state index contributed by atoms with van der Waals surface area (Å²) in [5, 5.41) is 4.89. The van der Waals surface area contributed by atoms with Crippen molar-refractivity contribution in [2.45, 2.75) is 46.1 Å². The lowest BCUT2D eigenvalue weighted by atomic mass is 10.0. The predicted octanol–water partition coefficient (Wildman–Crippen LogP) is 3.32. The minimum Gasteiger partial charge on any atom is -0.454 e. The summed E-state index contributed by atoms with van der Waals surface area (Å²) in [7, 11) is 0. The van der Waals surface area contributed by atoms with Crippen LogP contribution in [0.15, 0.2) is 42.5 Å². The lowest BCUT2D eigenvalue weighted by Crippen LogP contribution is -2.47. The molecule has 1 saturated heterocycles. The quantitative estimate of drug-likeness (QED) is 0.692. The molecular formula is C25H32N2O4. The van der Waals surface area contributed by atoms with E-state index in [2.05, 4.69) is 12.2 Å². The van der Waals surface area contributed by atoms with E-state index in [0.717, 1.165) is 29.2 Å². The van der Waals surface area contributed by atoms with Crippen LogP contribution in [0.1, 0.15) is 39.2 Å². The molecule has 1 heterocycles. The van der Waals surface area contributed by atoms with Gasteiger partial charge in [-0.3, -0.25) is 9.59 Å². The summed E-state index contributed by atoms with van der Waals surface area (Å²) in [6.07, 6.45) is 2.25. The van der Waals surface area contributed by atoms with Crippen LogP contribution in [0.2, 0.25) is 0 Å². The summed E-state index contributed by atoms with van der Waals surface area (Å²) in [5.41, 5.74) is 0.904. The fourth-order valence-electron chi connectivity index (χ4n) is 4.07. The third kappa shape index (κ3) is 6.06. The number of esters is 1. The van der Waals surface area contributed by atoms with Gasteiger partial charge in [0, 0.05) is 13.1 Å². The molecule has 2 atom stereocenters. The molecule has 0 aliphatic carbocycles. The van der Waals surface area contributed by atoms with Crippen LogP contribution in [-0.4, -0.2) is 48.4 Å². The Kier molecular flexibility index (Phi) is 7.66. The summed E-state index contributed by atoms with van der Waals surface area (Å²) >= 11 is 0. The number of carbonyl (C=O) groups is 3. The normalized spacial score (nSPS) is 17.4. The first-order chi connectivity index (χ1) is 14.8. The number of piperidine rings is 1. The molecule has 2 aromatic rings. The average molecular weight is 425 g/mol. The first kappa shape index (κ1) is 22.8. The van der Waals surface area contributed by atoms with Gasteiger partial charge >= 0.3 is 5.97 Å². The number of nitrogens with one attached hydrogen (secondary N) is 1. The van der Waals surface area contributed by atoms with Crippen LogP contribution in [0.4, 0.5) is 0 Å². The number of hydrogen-bond donors (Lipinski definition) is 1. The van der Waals surface area contributed by atoms with Crippen LogP contribution in [0.25, 0.3) is 10.8 Å². The van der Waals surface area contributed by atoms with Gasteiger partial charge in [-0.25, -0.2) is 4.79 Å². The van der Waals surface area contributed by atoms with Gasteiger partial charge in [-0.1, -0.05) is 63.2 Å². The molecule has 6 nitrogen and oxygen atoms in total. The highest BCUT2D eigenvalue weighted by atomic mass is 16.5. The number of carbonyl (C=O) groups excluding carboxylic acids is 3. The minimum absolute atomic E-state index is 0.158. The van der Waals surface area contributed by atoms with Crippen LogP contribution >= 0.6 is 0 Å². The summed E-state index contributed by atoms with van der Waals surface area (Å²) < 4.78 is 5.29. The molecule has 2 aromatic carbocycles. The van der Waals surface area contributed by atoms with Gasteiger partial charge in [-0.05, 0) is 41.0 Å². The van der Waals surface area contributed by atoms with Gasteiger partial charge in [0.1, 0.15) is 6.04 Å². The van der Waals surface area contributed by atoms with Crippen LogP contribution in [0.5, 0.6) is 0 Å². The second-order valence-corrected chi connectivity index (χ2v) is 8.80. The predicted molar refractivity (Wildman–Crippen MR) is 120 cm³/mol. The summed E-state index contributed by atoms with van der Waals surface area (Å²) in [4.78, 5) is 39.5. The molecular weight excluding hydrogens is 392 g/mol. The smallest absolute Gasteiger partial charge is 0.329 e. The van der Waals surface area contributed by atoms with Crippen molar-refractivity contribution in [3.63, 3.8) is 0 Å². The molecule has 1 aliphatic heterocycles. The molecule has 1 N–H and O–H groups in total. The number of fused-ring (bicyclic) bond motifs is 1. The molecule has 0 saturated carbocycles. The third-order valence-corrected chi connectivity index (χ3v) is 5.82. The van der Waals surface area contributed by atoms with Crippen molar-refractivity contribution in [1.82, 2.24) is 10.2 Å². The Morgan fingerprint density at radius 1 is 1.13 bits per heavy atom. The van der Waals surface area contributed by atoms with Crippen molar-refractivity contribution < 1.29 is 19.1 Å². The lowest BCUT2D eigenvalue weighted by molar-refractivity contribution is -0.156. The van der Waals surface area contributed by atoms with Gasteiger partial charge in [0.05, 0.1) is 6.42 Å². The van der Waals surface area contributed by atoms with E-state index in [4.69, 9.17) is 4.74 Å². The Hall–Kier alpha value is -2.89. The number of rotatable bonds is 7. The topological polar surface area (TPSA) is 75.7 Å². The first-order valence-electron chi connectivity index (χ1n) is 11.1. The standard InChI is InChI=1S/C25H32N2O4/c1-17(2)24(25(30)31-16-23(29)27-13-7-8-18(3)15-27)26-22(28)14-20-11-6-10-19-9-4-5-12-21(19)20/h4-6,9-12,17-18,24H,7-8,13-16H2,1-3H3,(H,26,28)/t18-,24+/m1/s1. The number of amides is 2. The second kappa shape index (κ2) is 10.4. The van der Waals surface area contributed by atoms with E-state index >= 15 is 0 Å². The highest BCUT2D eigenvalue weighted by Crippen LogP contribution is 2.19. The molecule has 2 amide bonds. The zero-order chi connectivity index (χ0) is 22.4. The zero-order valence-corrected chi connectivity index (χ0v) is 18.6. The molecule has 1 aliphatic rings. The van der Waals surface area contributed by atoms with Crippen molar-refractivity contribution in [2.75, 3.05) is 19.7 Å². The fraction of sp³-hybridized carbons (Fsp3) is 0.480. The van der Waals surface area contributed by atoms with Crippen molar-refractivity contribution in [3.05, 3.63) is 48.0 Å². The molecule has 0 aromatic heterocycles. The maximum Gasteiger partial charge on any atom is 0.329 e. The molecule has 0 radical (unpaired) electrons. The van der Waals surface area contributed by atoms with Crippen LogP contribution < -0.4 is 5.32 Å². The monoisotopic (exact) mass is 424 g/mol. The largest absolute Gasteiger partial charge is 0.454 e. The van der Waals surface area contributed by atoms with Crippen molar-refractivity contribution in [1.29, 1.82) is 0 Å². The lowest BCUT2D eigenvalue weighted by Gasteiger charge is -2.31. The van der Waals surface area contributed by atoms with Gasteiger partial charge in [0.25, 0.3) is 5.91 Å². The highest BCUT2D eigenvalue weighted by Gasteiger charge is 2.28. The van der Waals surface area contributed by atoms with Crippen molar-refractivity contribution in [2.24, 2.45) is 11.8 Å². The Morgan fingerprint density at radius 2 is 1.87 bits per heavy atom. The number of likely N-dealkylation sites (tertiary alicyclic amines) is 1. The van der Waals surface area contributed by atoms with E-state index in [1.807, 2.05) is 56.3 Å². The van der Waals surface area contributed by atoms with E-state index in [1.165, 1.54) is 0 Å². The number of benzene rings is 2. The summed E-state index contributed by atoms with van der Waals surface area (Å²) in [5.74, 6) is -0.688. The number of ether oxygens (including phenoxy) is 1. The summed E-state index contributed by atoms with van der Waals surface area (Å²) in [6, 6.07) is 12.9. The molecule has 1 fully saturated rings. The molecule has 3 rings (SSSR count). The van der Waals surface area contributed by atoms with E-state index in [-0.39, 0.29) is 30.8 Å².